The number of hydrogen-bond donors (Lipinski definition) is 3. The van der Waals surface area contributed by atoms with Gasteiger partial charge in [-0.25, -0.2) is 4.39 Å². The Balaban J connectivity index is 1.61. The van der Waals surface area contributed by atoms with Crippen molar-refractivity contribution in [3.63, 3.8) is 0 Å². The molecule has 3 N–H and O–H groups in total. The van der Waals surface area contributed by atoms with Gasteiger partial charge in [0.15, 0.2) is 0 Å². The van der Waals surface area contributed by atoms with Gasteiger partial charge in [-0.2, -0.15) is 5.10 Å². The minimum absolute atomic E-state index is 0.247. The first kappa shape index (κ1) is 15.4. The summed E-state index contributed by atoms with van der Waals surface area (Å²) in [5.74, 6) is -0.247. The summed E-state index contributed by atoms with van der Waals surface area (Å²) in [5, 5.41) is 15.2. The summed E-state index contributed by atoms with van der Waals surface area (Å²) in [6.07, 6.45) is 6.11. The van der Waals surface area contributed by atoms with Crippen LogP contribution < -0.4 is 10.6 Å². The Hall–Kier alpha value is -3.08. The fourth-order valence-corrected chi connectivity index (χ4v) is 2.99. The Bertz CT molecular complexity index is 953. The van der Waals surface area contributed by atoms with Crippen LogP contribution in [0.25, 0.3) is 22.2 Å². The third-order valence-electron chi connectivity index (χ3n) is 4.49. The molecule has 126 valence electrons. The van der Waals surface area contributed by atoms with Gasteiger partial charge in [0.25, 0.3) is 0 Å². The maximum absolute atomic E-state index is 13.2. The predicted molar refractivity (Wildman–Crippen MR) is 99.8 cm³/mol. The lowest BCUT2D eigenvalue weighted by Crippen LogP contribution is -2.28. The van der Waals surface area contributed by atoms with Gasteiger partial charge < -0.3 is 10.6 Å². The van der Waals surface area contributed by atoms with Gasteiger partial charge in [0, 0.05) is 29.2 Å². The molecular weight excluding hydrogens is 315 g/mol. The molecule has 3 aromatic rings. The minimum atomic E-state index is -0.247. The number of hydrogen-bond acceptors (Lipinski definition) is 3. The van der Waals surface area contributed by atoms with Crippen molar-refractivity contribution in [2.24, 2.45) is 0 Å². The van der Waals surface area contributed by atoms with Crippen molar-refractivity contribution in [2.45, 2.75) is 13.0 Å². The van der Waals surface area contributed by atoms with Crippen LogP contribution in [0.5, 0.6) is 0 Å². The van der Waals surface area contributed by atoms with E-state index in [-0.39, 0.29) is 5.82 Å². The molecule has 2 heterocycles. The number of dihydropyridines is 1. The fourth-order valence-electron chi connectivity index (χ4n) is 2.99. The first-order chi connectivity index (χ1) is 12.2. The van der Waals surface area contributed by atoms with E-state index in [1.165, 1.54) is 17.7 Å². The molecule has 0 saturated carbocycles. The molecule has 1 aliphatic rings. The third-order valence-corrected chi connectivity index (χ3v) is 4.49. The minimum Gasteiger partial charge on any atom is -0.385 e. The molecule has 0 amide bonds. The zero-order valence-corrected chi connectivity index (χ0v) is 13.9. The number of H-pyrrole nitrogens is 1. The number of nitrogens with zero attached hydrogens (tertiary/aromatic N) is 1. The van der Waals surface area contributed by atoms with Crippen molar-refractivity contribution >= 4 is 16.6 Å². The Kier molecular flexibility index (Phi) is 3.98. The lowest BCUT2D eigenvalue weighted by atomic mass is 10.1. The molecule has 25 heavy (non-hydrogen) atoms. The zero-order chi connectivity index (χ0) is 17.2. The number of aromatic nitrogens is 2. The molecule has 1 unspecified atom stereocenters. The molecule has 0 saturated heterocycles. The van der Waals surface area contributed by atoms with E-state index in [1.54, 1.807) is 12.1 Å². The van der Waals surface area contributed by atoms with Crippen molar-refractivity contribution in [1.82, 2.24) is 15.5 Å². The van der Waals surface area contributed by atoms with Crippen molar-refractivity contribution < 1.29 is 4.39 Å². The molecule has 4 rings (SSSR count). The topological polar surface area (TPSA) is 52.7 Å². The van der Waals surface area contributed by atoms with Gasteiger partial charge in [0.05, 0.1) is 11.2 Å². The van der Waals surface area contributed by atoms with Crippen LogP contribution in [0.15, 0.2) is 66.4 Å². The molecule has 1 aliphatic heterocycles. The van der Waals surface area contributed by atoms with E-state index in [0.717, 1.165) is 34.4 Å². The second-order valence-electron chi connectivity index (χ2n) is 6.18. The SMILES string of the molecule is CC1NC=CC=C1CNc1ccc2[nH]nc(-c3ccc(F)cc3)c2c1. The second-order valence-corrected chi connectivity index (χ2v) is 6.18. The first-order valence-electron chi connectivity index (χ1n) is 8.30. The highest BCUT2D eigenvalue weighted by atomic mass is 19.1. The van der Waals surface area contributed by atoms with Crippen molar-refractivity contribution in [3.8, 4) is 11.3 Å². The molecule has 1 aromatic heterocycles. The monoisotopic (exact) mass is 334 g/mol. The van der Waals surface area contributed by atoms with E-state index < -0.39 is 0 Å². The molecule has 1 atom stereocenters. The van der Waals surface area contributed by atoms with E-state index in [1.807, 2.05) is 24.4 Å². The summed E-state index contributed by atoms with van der Waals surface area (Å²) in [5.41, 5.74) is 5.00. The molecule has 0 radical (unpaired) electrons. The Labute approximate surface area is 145 Å². The average molecular weight is 334 g/mol. The second kappa shape index (κ2) is 6.43. The predicted octanol–water partition coefficient (Wildman–Crippen LogP) is 4.21. The molecular formula is C20H19FN4. The zero-order valence-electron chi connectivity index (χ0n) is 13.9. The molecule has 0 fully saturated rings. The maximum Gasteiger partial charge on any atom is 0.123 e. The smallest absolute Gasteiger partial charge is 0.123 e. The molecule has 2 aromatic carbocycles. The van der Waals surface area contributed by atoms with Crippen molar-refractivity contribution in [3.05, 3.63) is 72.2 Å². The quantitative estimate of drug-likeness (QED) is 0.670. The average Bonchev–Trinajstić information content (AvgIpc) is 3.05. The van der Waals surface area contributed by atoms with Crippen LogP contribution in [0.2, 0.25) is 0 Å². The molecule has 5 heteroatoms. The number of aromatic amines is 1. The normalized spacial score (nSPS) is 16.6. The van der Waals surface area contributed by atoms with Crippen molar-refractivity contribution in [1.29, 1.82) is 0 Å². The van der Waals surface area contributed by atoms with Gasteiger partial charge in [-0.1, -0.05) is 6.08 Å². The first-order valence-corrected chi connectivity index (χ1v) is 8.30. The number of nitrogens with one attached hydrogen (secondary N) is 3. The highest BCUT2D eigenvalue weighted by Gasteiger charge is 2.11. The van der Waals surface area contributed by atoms with E-state index in [2.05, 4.69) is 39.9 Å². The van der Waals surface area contributed by atoms with E-state index in [0.29, 0.717) is 6.04 Å². The third kappa shape index (κ3) is 3.13. The summed E-state index contributed by atoms with van der Waals surface area (Å²) >= 11 is 0. The summed E-state index contributed by atoms with van der Waals surface area (Å²) in [6.45, 7) is 2.91. The van der Waals surface area contributed by atoms with Crippen LogP contribution in [0.4, 0.5) is 10.1 Å². The fraction of sp³-hybridized carbons (Fsp3) is 0.150. The van der Waals surface area contributed by atoms with Gasteiger partial charge in [-0.3, -0.25) is 5.10 Å². The van der Waals surface area contributed by atoms with Crippen LogP contribution in [0, 0.1) is 5.82 Å². The molecule has 4 nitrogen and oxygen atoms in total. The van der Waals surface area contributed by atoms with E-state index in [4.69, 9.17) is 0 Å². The van der Waals surface area contributed by atoms with Crippen molar-refractivity contribution in [2.75, 3.05) is 11.9 Å². The van der Waals surface area contributed by atoms with Gasteiger partial charge in [0.1, 0.15) is 5.82 Å². The highest BCUT2D eigenvalue weighted by Crippen LogP contribution is 2.28. The van der Waals surface area contributed by atoms with Crippen LogP contribution in [-0.2, 0) is 0 Å². The molecule has 0 aliphatic carbocycles. The Morgan fingerprint density at radius 3 is 2.80 bits per heavy atom. The largest absolute Gasteiger partial charge is 0.385 e. The standard InChI is InChI=1S/C20H19FN4/c1-13-15(3-2-10-22-13)12-23-17-8-9-19-18(11-17)20(25-24-19)14-4-6-16(21)7-5-14/h2-11,13,22-23H,12H2,1H3,(H,24,25). The maximum atomic E-state index is 13.2. The van der Waals surface area contributed by atoms with Crippen LogP contribution in [0.3, 0.4) is 0 Å². The van der Waals surface area contributed by atoms with Gasteiger partial charge in [0.2, 0.25) is 0 Å². The number of anilines is 1. The van der Waals surface area contributed by atoms with Gasteiger partial charge >= 0.3 is 0 Å². The number of rotatable bonds is 4. The van der Waals surface area contributed by atoms with Gasteiger partial charge in [-0.05, 0) is 67.2 Å². The summed E-state index contributed by atoms with van der Waals surface area (Å²) in [4.78, 5) is 0. The summed E-state index contributed by atoms with van der Waals surface area (Å²) in [6, 6.07) is 12.8. The Morgan fingerprint density at radius 2 is 2.00 bits per heavy atom. The van der Waals surface area contributed by atoms with Crippen LogP contribution >= 0.6 is 0 Å². The number of allylic oxidation sites excluding steroid dienone is 2. The van der Waals surface area contributed by atoms with Crippen LogP contribution in [0.1, 0.15) is 6.92 Å². The van der Waals surface area contributed by atoms with E-state index in [9.17, 15) is 4.39 Å². The lowest BCUT2D eigenvalue weighted by Gasteiger charge is -2.20. The number of halogens is 1. The van der Waals surface area contributed by atoms with Gasteiger partial charge in [-0.15, -0.1) is 0 Å². The lowest BCUT2D eigenvalue weighted by molar-refractivity contribution is 0.628. The number of benzene rings is 2. The van der Waals surface area contributed by atoms with E-state index >= 15 is 0 Å². The Morgan fingerprint density at radius 1 is 1.16 bits per heavy atom. The highest BCUT2D eigenvalue weighted by molar-refractivity contribution is 5.94. The summed E-state index contributed by atoms with van der Waals surface area (Å²) < 4.78 is 13.2. The molecule has 0 bridgehead atoms. The number of fused-ring (bicyclic) bond motifs is 1. The molecule has 0 spiro atoms. The summed E-state index contributed by atoms with van der Waals surface area (Å²) in [7, 11) is 0. The van der Waals surface area contributed by atoms with Crippen LogP contribution in [-0.4, -0.2) is 22.8 Å².